The van der Waals surface area contributed by atoms with Crippen LogP contribution >= 0.6 is 11.6 Å². The van der Waals surface area contributed by atoms with Crippen molar-refractivity contribution in [3.63, 3.8) is 0 Å². The van der Waals surface area contributed by atoms with Gasteiger partial charge in [-0.05, 0) is 53.9 Å². The molecular formula is C26H22ClN5O5. The van der Waals surface area contributed by atoms with Crippen molar-refractivity contribution in [2.75, 3.05) is 14.2 Å². The lowest BCUT2D eigenvalue weighted by atomic mass is 10.1. The number of hydrogen-bond donors (Lipinski definition) is 2. The molecule has 0 aliphatic heterocycles. The smallest absolute Gasteiger partial charge is 0.290 e. The van der Waals surface area contributed by atoms with Gasteiger partial charge in [-0.3, -0.25) is 14.2 Å². The number of nitriles is 1. The largest absolute Gasteiger partial charge is 0.497 e. The number of halogens is 1. The third-order valence-electron chi connectivity index (χ3n) is 6.33. The normalized spacial score (nSPS) is 13.6. The van der Waals surface area contributed by atoms with Gasteiger partial charge < -0.3 is 24.6 Å². The van der Waals surface area contributed by atoms with Crippen LogP contribution in [0.2, 0.25) is 5.02 Å². The highest BCUT2D eigenvalue weighted by molar-refractivity contribution is 6.37. The molecule has 0 unspecified atom stereocenters. The topological polar surface area (TPSA) is 131 Å². The highest BCUT2D eigenvalue weighted by Gasteiger charge is 2.51. The van der Waals surface area contributed by atoms with Gasteiger partial charge in [0, 0.05) is 17.6 Å². The van der Waals surface area contributed by atoms with Gasteiger partial charge in [0.1, 0.15) is 23.1 Å². The van der Waals surface area contributed by atoms with E-state index in [4.69, 9.17) is 25.6 Å². The predicted molar refractivity (Wildman–Crippen MR) is 134 cm³/mol. The number of nitrogens with one attached hydrogen (secondary N) is 2. The Morgan fingerprint density at radius 1 is 1.16 bits per heavy atom. The number of nitrogens with zero attached hydrogens (tertiary/aromatic N) is 3. The Morgan fingerprint density at radius 2 is 1.92 bits per heavy atom. The summed E-state index contributed by atoms with van der Waals surface area (Å²) in [5.41, 5.74) is 1.73. The zero-order valence-electron chi connectivity index (χ0n) is 20.0. The van der Waals surface area contributed by atoms with Gasteiger partial charge in [-0.2, -0.15) is 5.26 Å². The minimum Gasteiger partial charge on any atom is -0.497 e. The molecule has 0 saturated heterocycles. The molecule has 2 amide bonds. The van der Waals surface area contributed by atoms with E-state index in [1.807, 2.05) is 36.4 Å². The van der Waals surface area contributed by atoms with Gasteiger partial charge in [-0.25, -0.2) is 0 Å². The van der Waals surface area contributed by atoms with E-state index in [1.165, 1.54) is 13.2 Å². The number of amides is 2. The van der Waals surface area contributed by atoms with Crippen molar-refractivity contribution in [2.45, 2.75) is 24.9 Å². The molecule has 0 bridgehead atoms. The molecule has 188 valence electrons. The highest BCUT2D eigenvalue weighted by atomic mass is 35.5. The number of benzene rings is 2. The Morgan fingerprint density at radius 3 is 2.54 bits per heavy atom. The van der Waals surface area contributed by atoms with Crippen molar-refractivity contribution in [1.29, 1.82) is 5.26 Å². The van der Waals surface area contributed by atoms with Crippen molar-refractivity contribution in [2.24, 2.45) is 0 Å². The maximum Gasteiger partial charge on any atom is 0.290 e. The first-order valence-electron chi connectivity index (χ1n) is 11.4. The molecule has 1 fully saturated rings. The molecule has 2 N–H and O–H groups in total. The van der Waals surface area contributed by atoms with E-state index in [-0.39, 0.29) is 24.1 Å². The standard InChI is InChI=1S/C26H22ClN5O5/c1-35-17-7-8-19-18(11-17)23(27)20(13-28)32(19)16-5-3-15(4-6-16)14-29-25(34)26(9-10-26)30-24(33)21-12-22(36-2)31-37-21/h3-8,11-12H,9-10,14H2,1-2H3,(H,29,34)(H,30,33). The number of ether oxygens (including phenoxy) is 2. The van der Waals surface area contributed by atoms with E-state index >= 15 is 0 Å². The van der Waals surface area contributed by atoms with Gasteiger partial charge in [-0.1, -0.05) is 23.7 Å². The lowest BCUT2D eigenvalue weighted by molar-refractivity contribution is -0.124. The van der Waals surface area contributed by atoms with Gasteiger partial charge in [0.25, 0.3) is 11.8 Å². The van der Waals surface area contributed by atoms with E-state index < -0.39 is 11.4 Å². The SMILES string of the molecule is COc1ccc2c(c1)c(Cl)c(C#N)n2-c1ccc(CNC(=O)C2(NC(=O)c3cc(OC)no3)CC2)cc1. The monoisotopic (exact) mass is 519 g/mol. The molecule has 11 heteroatoms. The Balaban J connectivity index is 1.28. The fourth-order valence-corrected chi connectivity index (χ4v) is 4.39. The van der Waals surface area contributed by atoms with Crippen molar-refractivity contribution in [3.8, 4) is 23.4 Å². The molecular weight excluding hydrogens is 498 g/mol. The summed E-state index contributed by atoms with van der Waals surface area (Å²) in [4.78, 5) is 25.3. The number of carbonyl (C=O) groups excluding carboxylic acids is 2. The highest BCUT2D eigenvalue weighted by Crippen LogP contribution is 2.37. The molecule has 10 nitrogen and oxygen atoms in total. The molecule has 1 aliphatic carbocycles. The third kappa shape index (κ3) is 4.45. The second-order valence-electron chi connectivity index (χ2n) is 8.61. The fourth-order valence-electron chi connectivity index (χ4n) is 4.12. The zero-order valence-corrected chi connectivity index (χ0v) is 20.8. The van der Waals surface area contributed by atoms with E-state index in [0.717, 1.165) is 22.2 Å². The quantitative estimate of drug-likeness (QED) is 0.362. The summed E-state index contributed by atoms with van der Waals surface area (Å²) in [5.74, 6) is -0.0111. The molecule has 1 saturated carbocycles. The molecule has 0 atom stereocenters. The summed E-state index contributed by atoms with van der Waals surface area (Å²) in [6.45, 7) is 0.266. The van der Waals surface area contributed by atoms with Crippen molar-refractivity contribution in [1.82, 2.24) is 20.4 Å². The van der Waals surface area contributed by atoms with Crippen LogP contribution in [0.25, 0.3) is 16.6 Å². The summed E-state index contributed by atoms with van der Waals surface area (Å²) in [5, 5.41) is 20.0. The molecule has 0 spiro atoms. The summed E-state index contributed by atoms with van der Waals surface area (Å²) in [7, 11) is 2.99. The Bertz CT molecular complexity index is 1550. The third-order valence-corrected chi connectivity index (χ3v) is 6.71. The second kappa shape index (κ2) is 9.52. The molecule has 2 heterocycles. The Kier molecular flexibility index (Phi) is 6.23. The number of rotatable bonds is 8. The van der Waals surface area contributed by atoms with Crippen molar-refractivity contribution in [3.05, 3.63) is 70.6 Å². The van der Waals surface area contributed by atoms with Crippen molar-refractivity contribution < 1.29 is 23.6 Å². The van der Waals surface area contributed by atoms with Crippen LogP contribution in [0, 0.1) is 11.3 Å². The fraction of sp³-hybridized carbons (Fsp3) is 0.231. The summed E-state index contributed by atoms with van der Waals surface area (Å²) in [6, 6.07) is 16.4. The van der Waals surface area contributed by atoms with Crippen molar-refractivity contribution >= 4 is 34.3 Å². The molecule has 0 radical (unpaired) electrons. The summed E-state index contributed by atoms with van der Waals surface area (Å²) < 4.78 is 16.9. The van der Waals surface area contributed by atoms with Gasteiger partial charge >= 0.3 is 0 Å². The molecule has 1 aliphatic rings. The predicted octanol–water partition coefficient (Wildman–Crippen LogP) is 3.74. The molecule has 2 aromatic heterocycles. The average molecular weight is 520 g/mol. The first-order valence-corrected chi connectivity index (χ1v) is 11.8. The van der Waals surface area contributed by atoms with Gasteiger partial charge in [0.15, 0.2) is 0 Å². The summed E-state index contributed by atoms with van der Waals surface area (Å²) >= 11 is 6.50. The van der Waals surface area contributed by atoms with Crippen LogP contribution in [0.3, 0.4) is 0 Å². The molecule has 2 aromatic carbocycles. The summed E-state index contributed by atoms with van der Waals surface area (Å²) in [6.07, 6.45) is 1.05. The lowest BCUT2D eigenvalue weighted by Gasteiger charge is -2.16. The molecule has 5 rings (SSSR count). The number of carbonyl (C=O) groups is 2. The second-order valence-corrected chi connectivity index (χ2v) is 8.99. The van der Waals surface area contributed by atoms with Crippen LogP contribution < -0.4 is 20.1 Å². The first kappa shape index (κ1) is 24.2. The molecule has 4 aromatic rings. The minimum atomic E-state index is -0.972. The van der Waals surface area contributed by atoms with Crippen LogP contribution in [-0.4, -0.2) is 41.3 Å². The number of aromatic nitrogens is 2. The maximum atomic E-state index is 12.8. The van der Waals surface area contributed by atoms with Gasteiger partial charge in [0.2, 0.25) is 11.7 Å². The van der Waals surface area contributed by atoms with E-state index in [1.54, 1.807) is 17.7 Å². The minimum absolute atomic E-state index is 0.0284. The molecule has 37 heavy (non-hydrogen) atoms. The van der Waals surface area contributed by atoms with Gasteiger partial charge in [0.05, 0.1) is 30.8 Å². The average Bonchev–Trinajstić information content (AvgIpc) is 3.43. The zero-order chi connectivity index (χ0) is 26.2. The van der Waals surface area contributed by atoms with Crippen LogP contribution in [0.1, 0.15) is 34.7 Å². The van der Waals surface area contributed by atoms with Gasteiger partial charge in [-0.15, -0.1) is 0 Å². The number of fused-ring (bicyclic) bond motifs is 1. The number of hydrogen-bond acceptors (Lipinski definition) is 7. The van der Waals surface area contributed by atoms with Crippen LogP contribution in [0.4, 0.5) is 0 Å². The van der Waals surface area contributed by atoms with Crippen LogP contribution in [0.5, 0.6) is 11.6 Å². The number of methoxy groups -OCH3 is 2. The lowest BCUT2D eigenvalue weighted by Crippen LogP contribution is -2.48. The Labute approximate surface area is 216 Å². The van der Waals surface area contributed by atoms with E-state index in [0.29, 0.717) is 29.3 Å². The maximum absolute atomic E-state index is 12.8. The first-order chi connectivity index (χ1) is 17.9. The van der Waals surface area contributed by atoms with E-state index in [9.17, 15) is 14.9 Å². The van der Waals surface area contributed by atoms with Crippen LogP contribution in [-0.2, 0) is 11.3 Å². The van der Waals surface area contributed by atoms with Crippen LogP contribution in [0.15, 0.2) is 53.1 Å². The Hall–Kier alpha value is -4.49. The van der Waals surface area contributed by atoms with E-state index in [2.05, 4.69) is 21.9 Å².